The molecule has 0 fully saturated rings. The predicted molar refractivity (Wildman–Crippen MR) is 209 cm³/mol. The highest BCUT2D eigenvalue weighted by Crippen LogP contribution is 2.49. The van der Waals surface area contributed by atoms with Gasteiger partial charge in [0.05, 0.1) is 41.5 Å². The van der Waals surface area contributed by atoms with Crippen LogP contribution >= 0.6 is 0 Å². The molecule has 8 aromatic carbocycles. The van der Waals surface area contributed by atoms with Crippen LogP contribution in [0.3, 0.4) is 0 Å². The molecule has 0 saturated carbocycles. The Bertz CT molecular complexity index is 2940. The average molecular weight is 647 g/mol. The first-order valence-corrected chi connectivity index (χ1v) is 16.7. The fourth-order valence-electron chi connectivity index (χ4n) is 7.72. The van der Waals surface area contributed by atoms with Gasteiger partial charge in [0, 0.05) is 10.8 Å². The zero-order valence-electron chi connectivity index (χ0n) is 27.3. The normalized spacial score (nSPS) is 11.1. The van der Waals surface area contributed by atoms with Gasteiger partial charge < -0.3 is 4.57 Å². The molecule has 51 heavy (non-hydrogen) atoms. The summed E-state index contributed by atoms with van der Waals surface area (Å²) in [7, 11) is 0. The lowest BCUT2D eigenvalue weighted by molar-refractivity contribution is 1.18. The third-order valence-corrected chi connectivity index (χ3v) is 9.85. The molecular formula is C47H26N4. The summed E-state index contributed by atoms with van der Waals surface area (Å²) in [5, 5.41) is 16.1. The number of para-hydroxylation sites is 2. The standard InChI is InChI=1S/C47H26N4/c1-49-32-24-26-44(51-42-22-11-10-15-33(42)40-27-30(29-48)23-25-43(40)51)41(28-32)38-20-12-21-39(47(38)50-2)46-36-18-8-6-16-34(36)45(31-13-4-3-5-14-31)35-17-7-9-19-37(35)46/h3-28H. The highest BCUT2D eigenvalue weighted by atomic mass is 15.0. The Kier molecular flexibility index (Phi) is 6.93. The highest BCUT2D eigenvalue weighted by Gasteiger charge is 2.23. The van der Waals surface area contributed by atoms with Crippen molar-refractivity contribution in [3.05, 3.63) is 186 Å². The van der Waals surface area contributed by atoms with E-state index in [1.54, 1.807) is 0 Å². The Morgan fingerprint density at radius 2 is 1.08 bits per heavy atom. The number of aromatic nitrogens is 1. The molecular weight excluding hydrogens is 621 g/mol. The lowest BCUT2D eigenvalue weighted by atomic mass is 9.84. The van der Waals surface area contributed by atoms with Crippen LogP contribution < -0.4 is 0 Å². The predicted octanol–water partition coefficient (Wildman–Crippen LogP) is 13.1. The molecule has 0 radical (unpaired) electrons. The number of nitrogens with zero attached hydrogens (tertiary/aromatic N) is 4. The Balaban J connectivity index is 1.37. The van der Waals surface area contributed by atoms with Crippen LogP contribution in [0.2, 0.25) is 0 Å². The van der Waals surface area contributed by atoms with Crippen molar-refractivity contribution >= 4 is 54.7 Å². The summed E-state index contributed by atoms with van der Waals surface area (Å²) < 4.78 is 2.19. The van der Waals surface area contributed by atoms with E-state index in [1.165, 1.54) is 5.56 Å². The molecule has 0 saturated heterocycles. The van der Waals surface area contributed by atoms with Crippen molar-refractivity contribution in [2.75, 3.05) is 0 Å². The Hall–Kier alpha value is -7.45. The fraction of sp³-hybridized carbons (Fsp3) is 0. The van der Waals surface area contributed by atoms with Crippen molar-refractivity contribution in [3.8, 4) is 45.1 Å². The number of fused-ring (bicyclic) bond motifs is 5. The van der Waals surface area contributed by atoms with Crippen molar-refractivity contribution in [2.24, 2.45) is 0 Å². The summed E-state index contributed by atoms with van der Waals surface area (Å²) in [6.45, 7) is 16.6. The molecule has 234 valence electrons. The summed E-state index contributed by atoms with van der Waals surface area (Å²) in [6.07, 6.45) is 0. The fourth-order valence-corrected chi connectivity index (χ4v) is 7.72. The second-order valence-corrected chi connectivity index (χ2v) is 12.5. The van der Waals surface area contributed by atoms with Crippen molar-refractivity contribution in [1.82, 2.24) is 4.57 Å². The highest BCUT2D eigenvalue weighted by molar-refractivity contribution is 6.23. The molecule has 4 nitrogen and oxygen atoms in total. The van der Waals surface area contributed by atoms with Crippen LogP contribution in [-0.2, 0) is 0 Å². The van der Waals surface area contributed by atoms with E-state index in [1.807, 2.05) is 66.7 Å². The van der Waals surface area contributed by atoms with Crippen LogP contribution in [0, 0.1) is 24.5 Å². The van der Waals surface area contributed by atoms with Crippen LogP contribution in [0.15, 0.2) is 158 Å². The van der Waals surface area contributed by atoms with Gasteiger partial charge in [-0.1, -0.05) is 121 Å². The summed E-state index contributed by atoms with van der Waals surface area (Å²) in [5.41, 5.74) is 10.1. The van der Waals surface area contributed by atoms with E-state index in [0.29, 0.717) is 16.9 Å². The first kappa shape index (κ1) is 29.7. The maximum Gasteiger partial charge on any atom is 0.202 e. The number of hydrogen-bond acceptors (Lipinski definition) is 1. The topological polar surface area (TPSA) is 37.4 Å². The number of hydrogen-bond donors (Lipinski definition) is 0. The smallest absolute Gasteiger partial charge is 0.202 e. The minimum atomic E-state index is 0.491. The molecule has 0 aliphatic heterocycles. The van der Waals surface area contributed by atoms with Gasteiger partial charge in [0.2, 0.25) is 5.69 Å². The maximum absolute atomic E-state index is 9.71. The summed E-state index contributed by atoms with van der Waals surface area (Å²) >= 11 is 0. The van der Waals surface area contributed by atoms with Gasteiger partial charge in [-0.3, -0.25) is 0 Å². The van der Waals surface area contributed by atoms with Gasteiger partial charge >= 0.3 is 0 Å². The van der Waals surface area contributed by atoms with Crippen molar-refractivity contribution in [1.29, 1.82) is 5.26 Å². The molecule has 9 aromatic rings. The molecule has 0 unspecified atom stereocenters. The maximum atomic E-state index is 9.71. The second kappa shape index (κ2) is 11.9. The number of benzene rings is 8. The van der Waals surface area contributed by atoms with Crippen LogP contribution in [0.4, 0.5) is 11.4 Å². The molecule has 1 aromatic heterocycles. The van der Waals surface area contributed by atoms with E-state index in [4.69, 9.17) is 13.1 Å². The van der Waals surface area contributed by atoms with Crippen LogP contribution in [-0.4, -0.2) is 4.57 Å². The second-order valence-electron chi connectivity index (χ2n) is 12.5. The third kappa shape index (κ3) is 4.58. The lowest BCUT2D eigenvalue weighted by Gasteiger charge is -2.20. The number of rotatable bonds is 4. The minimum absolute atomic E-state index is 0.491. The molecule has 1 heterocycles. The minimum Gasteiger partial charge on any atom is -0.309 e. The molecule has 0 bridgehead atoms. The largest absolute Gasteiger partial charge is 0.309 e. The average Bonchev–Trinajstić information content (AvgIpc) is 3.53. The van der Waals surface area contributed by atoms with E-state index in [0.717, 1.165) is 76.9 Å². The first-order chi connectivity index (χ1) is 25.2. The lowest BCUT2D eigenvalue weighted by Crippen LogP contribution is -1.98. The van der Waals surface area contributed by atoms with Crippen molar-refractivity contribution in [3.63, 3.8) is 0 Å². The monoisotopic (exact) mass is 646 g/mol. The zero-order valence-corrected chi connectivity index (χ0v) is 27.3. The first-order valence-electron chi connectivity index (χ1n) is 16.7. The van der Waals surface area contributed by atoms with Crippen molar-refractivity contribution < 1.29 is 0 Å². The van der Waals surface area contributed by atoms with Crippen LogP contribution in [0.5, 0.6) is 0 Å². The summed E-state index contributed by atoms with van der Waals surface area (Å²) in [5.74, 6) is 0. The molecule has 0 N–H and O–H groups in total. The van der Waals surface area contributed by atoms with Crippen LogP contribution in [0.25, 0.3) is 92.1 Å². The molecule has 0 aliphatic rings. The van der Waals surface area contributed by atoms with Crippen molar-refractivity contribution in [2.45, 2.75) is 0 Å². The van der Waals surface area contributed by atoms with Gasteiger partial charge in [0.25, 0.3) is 0 Å². The Morgan fingerprint density at radius 3 is 1.75 bits per heavy atom. The molecule has 9 rings (SSSR count). The Labute approximate surface area is 294 Å². The van der Waals surface area contributed by atoms with Crippen LogP contribution in [0.1, 0.15) is 5.56 Å². The molecule has 0 aliphatic carbocycles. The van der Waals surface area contributed by atoms with Gasteiger partial charge in [-0.15, -0.1) is 0 Å². The molecule has 4 heteroatoms. The Morgan fingerprint density at radius 1 is 0.471 bits per heavy atom. The SMILES string of the molecule is [C-]#[N+]c1ccc(-n2c3ccccc3c3cc(C#N)ccc32)c(-c2cccc(-c3c4ccccc4c(-c4ccccc4)c4ccccc34)c2[N+]#[C-])c1. The van der Waals surface area contributed by atoms with Gasteiger partial charge in [-0.2, -0.15) is 5.26 Å². The van der Waals surface area contributed by atoms with E-state index in [9.17, 15) is 5.26 Å². The third-order valence-electron chi connectivity index (χ3n) is 9.85. The molecule has 0 amide bonds. The van der Waals surface area contributed by atoms with Gasteiger partial charge in [-0.25, -0.2) is 9.69 Å². The summed E-state index contributed by atoms with van der Waals surface area (Å²) in [4.78, 5) is 8.08. The van der Waals surface area contributed by atoms with E-state index >= 15 is 0 Å². The summed E-state index contributed by atoms with van der Waals surface area (Å²) in [6, 6.07) is 55.4. The van der Waals surface area contributed by atoms with Gasteiger partial charge in [-0.05, 0) is 91.3 Å². The van der Waals surface area contributed by atoms with E-state index in [2.05, 4.69) is 111 Å². The van der Waals surface area contributed by atoms with E-state index < -0.39 is 0 Å². The molecule has 0 atom stereocenters. The van der Waals surface area contributed by atoms with E-state index in [-0.39, 0.29) is 0 Å². The van der Waals surface area contributed by atoms with Gasteiger partial charge in [0.15, 0.2) is 5.69 Å². The zero-order chi connectivity index (χ0) is 34.5. The molecule has 0 spiro atoms. The van der Waals surface area contributed by atoms with Gasteiger partial charge in [0.1, 0.15) is 0 Å². The quantitative estimate of drug-likeness (QED) is 0.138. The number of nitriles is 1.